The van der Waals surface area contributed by atoms with Crippen LogP contribution in [0.25, 0.3) is 0 Å². The van der Waals surface area contributed by atoms with Gasteiger partial charge in [-0.3, -0.25) is 14.5 Å². The molecule has 1 aromatic rings. The molecule has 6 heteroatoms. The van der Waals surface area contributed by atoms with Gasteiger partial charge in [-0.05, 0) is 19.8 Å². The van der Waals surface area contributed by atoms with Crippen molar-refractivity contribution in [1.29, 1.82) is 0 Å². The first kappa shape index (κ1) is 14.6. The first-order chi connectivity index (χ1) is 9.61. The highest BCUT2D eigenvalue weighted by Crippen LogP contribution is 2.22. The van der Waals surface area contributed by atoms with Gasteiger partial charge in [0.1, 0.15) is 5.82 Å². The van der Waals surface area contributed by atoms with E-state index in [1.807, 2.05) is 24.6 Å². The maximum Gasteiger partial charge on any atom is 0.229 e. The van der Waals surface area contributed by atoms with Gasteiger partial charge in [0.2, 0.25) is 11.8 Å². The van der Waals surface area contributed by atoms with Gasteiger partial charge >= 0.3 is 0 Å². The minimum atomic E-state index is 0.0565. The van der Waals surface area contributed by atoms with E-state index in [0.29, 0.717) is 38.9 Å². The summed E-state index contributed by atoms with van der Waals surface area (Å²) in [5, 5.41) is 7.21. The molecule has 0 saturated heterocycles. The fourth-order valence-corrected chi connectivity index (χ4v) is 2.37. The molecule has 0 aromatic carbocycles. The number of aromatic nitrogens is 2. The van der Waals surface area contributed by atoms with Crippen molar-refractivity contribution in [2.24, 2.45) is 0 Å². The maximum absolute atomic E-state index is 12.0. The summed E-state index contributed by atoms with van der Waals surface area (Å²) in [6.07, 6.45) is 2.55. The number of anilines is 1. The molecule has 1 N–H and O–H groups in total. The largest absolute Gasteiger partial charge is 0.356 e. The second-order valence-electron chi connectivity index (χ2n) is 5.12. The Balaban J connectivity index is 1.89. The van der Waals surface area contributed by atoms with Crippen LogP contribution in [0.5, 0.6) is 0 Å². The first-order valence-electron chi connectivity index (χ1n) is 7.23. The lowest BCUT2D eigenvalue weighted by molar-refractivity contribution is -0.122. The van der Waals surface area contributed by atoms with E-state index in [1.54, 1.807) is 4.90 Å². The molecule has 1 aromatic heterocycles. The number of hydrogen-bond acceptors (Lipinski definition) is 3. The molecule has 1 aliphatic heterocycles. The van der Waals surface area contributed by atoms with Crippen molar-refractivity contribution in [2.45, 2.75) is 46.1 Å². The SMILES string of the molecule is CCCNC(=O)CCCN1C(=O)CCn2nc(C)cc21. The van der Waals surface area contributed by atoms with E-state index in [9.17, 15) is 9.59 Å². The van der Waals surface area contributed by atoms with E-state index in [4.69, 9.17) is 0 Å². The highest BCUT2D eigenvalue weighted by molar-refractivity contribution is 5.93. The lowest BCUT2D eigenvalue weighted by atomic mass is 10.2. The highest BCUT2D eigenvalue weighted by atomic mass is 16.2. The molecule has 2 amide bonds. The van der Waals surface area contributed by atoms with Gasteiger partial charge in [0.05, 0.1) is 12.2 Å². The predicted octanol–water partition coefficient (Wildman–Crippen LogP) is 1.23. The Labute approximate surface area is 119 Å². The van der Waals surface area contributed by atoms with E-state index in [1.165, 1.54) is 0 Å². The maximum atomic E-state index is 12.0. The van der Waals surface area contributed by atoms with Crippen molar-refractivity contribution in [2.75, 3.05) is 18.0 Å². The van der Waals surface area contributed by atoms with E-state index < -0.39 is 0 Å². The number of nitrogens with one attached hydrogen (secondary N) is 1. The fraction of sp³-hybridized carbons (Fsp3) is 0.643. The normalized spacial score (nSPS) is 14.3. The van der Waals surface area contributed by atoms with Crippen molar-refractivity contribution in [3.8, 4) is 0 Å². The van der Waals surface area contributed by atoms with E-state index >= 15 is 0 Å². The summed E-state index contributed by atoms with van der Waals surface area (Å²) in [5.74, 6) is 1.03. The standard InChI is InChI=1S/C14H22N4O2/c1-3-7-15-12(19)5-4-8-17-13-10-11(2)16-18(13)9-6-14(17)20/h10H,3-9H2,1-2H3,(H,15,19). The van der Waals surface area contributed by atoms with Gasteiger partial charge < -0.3 is 5.32 Å². The van der Waals surface area contributed by atoms with Gasteiger partial charge in [0.15, 0.2) is 0 Å². The number of amides is 2. The molecule has 0 atom stereocenters. The molecule has 6 nitrogen and oxygen atoms in total. The summed E-state index contributed by atoms with van der Waals surface area (Å²) in [6, 6.07) is 1.92. The Bertz CT molecular complexity index is 495. The topological polar surface area (TPSA) is 67.2 Å². The third-order valence-electron chi connectivity index (χ3n) is 3.35. The van der Waals surface area contributed by atoms with Crippen molar-refractivity contribution in [3.05, 3.63) is 11.8 Å². The minimum absolute atomic E-state index is 0.0565. The lowest BCUT2D eigenvalue weighted by Crippen LogP contribution is -2.38. The number of fused-ring (bicyclic) bond motifs is 1. The van der Waals surface area contributed by atoms with Crippen LogP contribution in [0.1, 0.15) is 38.3 Å². The quantitative estimate of drug-likeness (QED) is 0.851. The van der Waals surface area contributed by atoms with Crippen LogP contribution in [-0.4, -0.2) is 34.7 Å². The van der Waals surface area contributed by atoms with E-state index in [0.717, 1.165) is 17.9 Å². The van der Waals surface area contributed by atoms with Crippen molar-refractivity contribution in [3.63, 3.8) is 0 Å². The van der Waals surface area contributed by atoms with Crippen molar-refractivity contribution in [1.82, 2.24) is 15.1 Å². The average Bonchev–Trinajstić information content (AvgIpc) is 2.79. The van der Waals surface area contributed by atoms with Crippen LogP contribution in [0.4, 0.5) is 5.82 Å². The summed E-state index contributed by atoms with van der Waals surface area (Å²) in [7, 11) is 0. The van der Waals surface area contributed by atoms with Gasteiger partial charge in [-0.25, -0.2) is 4.68 Å². The predicted molar refractivity (Wildman–Crippen MR) is 76.5 cm³/mol. The van der Waals surface area contributed by atoms with Gasteiger partial charge in [-0.1, -0.05) is 6.92 Å². The third-order valence-corrected chi connectivity index (χ3v) is 3.35. The van der Waals surface area contributed by atoms with Crippen LogP contribution >= 0.6 is 0 Å². The summed E-state index contributed by atoms with van der Waals surface area (Å²) in [5.41, 5.74) is 0.917. The monoisotopic (exact) mass is 278 g/mol. The second kappa shape index (κ2) is 6.54. The van der Waals surface area contributed by atoms with E-state index in [-0.39, 0.29) is 11.8 Å². The molecule has 0 radical (unpaired) electrons. The molecule has 20 heavy (non-hydrogen) atoms. The van der Waals surface area contributed by atoms with Crippen molar-refractivity contribution < 1.29 is 9.59 Å². The molecule has 0 unspecified atom stereocenters. The van der Waals surface area contributed by atoms with Crippen LogP contribution in [0.3, 0.4) is 0 Å². The van der Waals surface area contributed by atoms with Gasteiger partial charge in [-0.15, -0.1) is 0 Å². The first-order valence-corrected chi connectivity index (χ1v) is 7.23. The van der Waals surface area contributed by atoms with Crippen molar-refractivity contribution >= 4 is 17.6 Å². The molecule has 2 heterocycles. The van der Waals surface area contributed by atoms with Gasteiger partial charge in [0, 0.05) is 32.0 Å². The summed E-state index contributed by atoms with van der Waals surface area (Å²) in [4.78, 5) is 25.3. The molecule has 0 saturated carbocycles. The van der Waals surface area contributed by atoms with Crippen LogP contribution in [0.15, 0.2) is 6.07 Å². The zero-order valence-electron chi connectivity index (χ0n) is 12.2. The van der Waals surface area contributed by atoms with Crippen LogP contribution < -0.4 is 10.2 Å². The molecule has 0 aliphatic carbocycles. The Morgan fingerprint density at radius 1 is 1.50 bits per heavy atom. The average molecular weight is 278 g/mol. The fourth-order valence-electron chi connectivity index (χ4n) is 2.37. The Hall–Kier alpha value is -1.85. The van der Waals surface area contributed by atoms with E-state index in [2.05, 4.69) is 10.4 Å². The van der Waals surface area contributed by atoms with Crippen LogP contribution in [0, 0.1) is 6.92 Å². The number of carbonyl (C=O) groups excluding carboxylic acids is 2. The molecule has 1 aliphatic rings. The van der Waals surface area contributed by atoms with Gasteiger partial charge in [-0.2, -0.15) is 5.10 Å². The smallest absolute Gasteiger partial charge is 0.229 e. The molecule has 0 fully saturated rings. The van der Waals surface area contributed by atoms with Crippen LogP contribution in [0.2, 0.25) is 0 Å². The number of aryl methyl sites for hydroxylation is 2. The molecule has 0 bridgehead atoms. The minimum Gasteiger partial charge on any atom is -0.356 e. The number of rotatable bonds is 6. The number of nitrogens with zero attached hydrogens (tertiary/aromatic N) is 3. The molecule has 2 rings (SSSR count). The highest BCUT2D eigenvalue weighted by Gasteiger charge is 2.25. The second-order valence-corrected chi connectivity index (χ2v) is 5.12. The molecule has 110 valence electrons. The summed E-state index contributed by atoms with van der Waals surface area (Å²) >= 11 is 0. The molecular formula is C14H22N4O2. The Morgan fingerprint density at radius 3 is 3.05 bits per heavy atom. The zero-order chi connectivity index (χ0) is 14.5. The Kier molecular flexibility index (Phi) is 4.76. The summed E-state index contributed by atoms with van der Waals surface area (Å²) < 4.78 is 1.87. The Morgan fingerprint density at radius 2 is 2.30 bits per heavy atom. The third kappa shape index (κ3) is 3.37. The zero-order valence-corrected chi connectivity index (χ0v) is 12.2. The molecule has 0 spiro atoms. The van der Waals surface area contributed by atoms with Crippen LogP contribution in [-0.2, 0) is 16.1 Å². The number of carbonyl (C=O) groups is 2. The number of hydrogen-bond donors (Lipinski definition) is 1. The van der Waals surface area contributed by atoms with Gasteiger partial charge in [0.25, 0.3) is 0 Å². The summed E-state index contributed by atoms with van der Waals surface area (Å²) in [6.45, 7) is 5.88. The molecular weight excluding hydrogens is 256 g/mol. The lowest BCUT2D eigenvalue weighted by Gasteiger charge is -2.27.